The Balaban J connectivity index is 1.32. The summed E-state index contributed by atoms with van der Waals surface area (Å²) in [5.74, 6) is 3.45. The van der Waals surface area contributed by atoms with Crippen molar-refractivity contribution in [2.45, 2.75) is 90.1 Å². The molecule has 0 bridgehead atoms. The Bertz CT molecular complexity index is 676. The molecule has 4 heteroatoms. The molecule has 0 heterocycles. The second kappa shape index (κ2) is 9.17. The summed E-state index contributed by atoms with van der Waals surface area (Å²) in [6, 6.07) is 0. The van der Waals surface area contributed by atoms with Gasteiger partial charge in [-0.25, -0.2) is 0 Å². The van der Waals surface area contributed by atoms with E-state index < -0.39 is 5.60 Å². The lowest BCUT2D eigenvalue weighted by Gasteiger charge is -2.61. The van der Waals surface area contributed by atoms with E-state index in [-0.39, 0.29) is 0 Å². The van der Waals surface area contributed by atoms with Crippen molar-refractivity contribution in [2.24, 2.45) is 39.7 Å². The number of oxime groups is 1. The molecule has 7 atom stereocenters. The minimum Gasteiger partial charge on any atom is -0.396 e. The average Bonchev–Trinajstić information content (AvgIpc) is 3.12. The molecule has 0 unspecified atom stereocenters. The topological polar surface area (TPSA) is 45.1 Å². The Morgan fingerprint density at radius 2 is 1.87 bits per heavy atom. The van der Waals surface area contributed by atoms with Crippen molar-refractivity contribution in [3.8, 4) is 0 Å². The van der Waals surface area contributed by atoms with Gasteiger partial charge in [-0.05, 0) is 119 Å². The summed E-state index contributed by atoms with van der Waals surface area (Å²) in [5.41, 5.74) is 0.386. The van der Waals surface area contributed by atoms with Gasteiger partial charge in [0.2, 0.25) is 0 Å². The first-order chi connectivity index (χ1) is 14.8. The molecule has 4 fully saturated rings. The smallest absolute Gasteiger partial charge is 0.118 e. The molecule has 31 heavy (non-hydrogen) atoms. The van der Waals surface area contributed by atoms with Crippen molar-refractivity contribution < 1.29 is 9.94 Å². The molecule has 0 aromatic rings. The minimum absolute atomic E-state index is 0.427. The lowest BCUT2D eigenvalue weighted by Crippen LogP contribution is -2.55. The number of hydrogen-bond acceptors (Lipinski definition) is 4. The molecule has 4 nitrogen and oxygen atoms in total. The van der Waals surface area contributed by atoms with Gasteiger partial charge in [-0.2, -0.15) is 0 Å². The van der Waals surface area contributed by atoms with Gasteiger partial charge in [0.25, 0.3) is 0 Å². The quantitative estimate of drug-likeness (QED) is 0.322. The van der Waals surface area contributed by atoms with Crippen LogP contribution in [0.3, 0.4) is 0 Å². The van der Waals surface area contributed by atoms with Crippen LogP contribution >= 0.6 is 0 Å². The zero-order valence-corrected chi connectivity index (χ0v) is 20.5. The maximum absolute atomic E-state index is 11.3. The summed E-state index contributed by atoms with van der Waals surface area (Å²) in [6.45, 7) is 6.81. The lowest BCUT2D eigenvalue weighted by atomic mass is 9.44. The standard InChI is InChI=1S/C27H46N2O2/c1-25-12-5-8-23(25)22-10-9-21-20-27(30,16-15-26(21,2)24(22)11-14-25)13-6-17-28-31-19-7-18-29(3)4/h6,13,17,21-24,30H,5,7-12,14-16,18-20H2,1-4H3/t21-,22+,23+,24+,25+,26+,27+/m1/s1. The van der Waals surface area contributed by atoms with Crippen molar-refractivity contribution in [2.75, 3.05) is 27.2 Å². The normalized spacial score (nSPS) is 45.1. The van der Waals surface area contributed by atoms with Crippen molar-refractivity contribution in [3.05, 3.63) is 12.2 Å². The predicted octanol–water partition coefficient (Wildman–Crippen LogP) is 5.66. The monoisotopic (exact) mass is 430 g/mol. The minimum atomic E-state index is -0.676. The van der Waals surface area contributed by atoms with E-state index in [1.54, 1.807) is 6.21 Å². The van der Waals surface area contributed by atoms with E-state index in [0.29, 0.717) is 23.4 Å². The highest BCUT2D eigenvalue weighted by atomic mass is 16.6. The highest BCUT2D eigenvalue weighted by molar-refractivity contribution is 5.70. The van der Waals surface area contributed by atoms with Crippen LogP contribution in [-0.2, 0) is 4.84 Å². The van der Waals surface area contributed by atoms with Crippen molar-refractivity contribution in [3.63, 3.8) is 0 Å². The van der Waals surface area contributed by atoms with Crippen LogP contribution in [0.1, 0.15) is 84.5 Å². The number of hydrogen-bond donors (Lipinski definition) is 1. The SMILES string of the molecule is CN(C)CCCON=CC=C[C@]1(O)CC[C@@]2(C)[C@H](CC[C@H]3[C@@H]4CCC[C@@]4(C)CC[C@@H]32)C1. The number of aliphatic hydroxyl groups is 1. The van der Waals surface area contributed by atoms with E-state index in [2.05, 4.69) is 38.0 Å². The van der Waals surface area contributed by atoms with Gasteiger partial charge in [0.1, 0.15) is 6.61 Å². The number of nitrogens with zero attached hydrogens (tertiary/aromatic N) is 2. The fraction of sp³-hybridized carbons (Fsp3) is 0.889. The molecule has 0 aromatic heterocycles. The lowest BCUT2D eigenvalue weighted by molar-refractivity contribution is -0.135. The van der Waals surface area contributed by atoms with Gasteiger partial charge < -0.3 is 14.8 Å². The molecular formula is C27H46N2O2. The van der Waals surface area contributed by atoms with Crippen molar-refractivity contribution in [1.29, 1.82) is 0 Å². The summed E-state index contributed by atoms with van der Waals surface area (Å²) in [5, 5.41) is 15.3. The summed E-state index contributed by atoms with van der Waals surface area (Å²) in [4.78, 5) is 7.47. The molecule has 0 saturated heterocycles. The number of allylic oxidation sites excluding steroid dienone is 1. The fourth-order valence-electron chi connectivity index (χ4n) is 8.22. The Labute approximate surface area is 190 Å². The van der Waals surface area contributed by atoms with Crippen LogP contribution in [-0.4, -0.2) is 49.1 Å². The third-order valence-electron chi connectivity index (χ3n) is 10.0. The molecular weight excluding hydrogens is 384 g/mol. The first kappa shape index (κ1) is 23.3. The highest BCUT2D eigenvalue weighted by Gasteiger charge is 2.58. The molecule has 4 aliphatic carbocycles. The van der Waals surface area contributed by atoms with E-state index in [4.69, 9.17) is 4.84 Å². The molecule has 0 radical (unpaired) electrons. The maximum Gasteiger partial charge on any atom is 0.118 e. The number of fused-ring (bicyclic) bond motifs is 5. The first-order valence-corrected chi connectivity index (χ1v) is 13.0. The van der Waals surface area contributed by atoms with Gasteiger partial charge in [-0.3, -0.25) is 0 Å². The molecule has 4 rings (SSSR count). The Morgan fingerprint density at radius 1 is 1.03 bits per heavy atom. The van der Waals surface area contributed by atoms with Crippen molar-refractivity contribution >= 4 is 6.21 Å². The zero-order chi connectivity index (χ0) is 22.1. The van der Waals surface area contributed by atoms with Crippen LogP contribution in [0, 0.1) is 34.5 Å². The zero-order valence-electron chi connectivity index (χ0n) is 20.5. The largest absolute Gasteiger partial charge is 0.396 e. The molecule has 0 amide bonds. The summed E-state index contributed by atoms with van der Waals surface area (Å²) in [6.07, 6.45) is 19.5. The fourth-order valence-corrected chi connectivity index (χ4v) is 8.22. The van der Waals surface area contributed by atoms with E-state index in [1.807, 2.05) is 12.2 Å². The van der Waals surface area contributed by atoms with Gasteiger partial charge in [0.05, 0.1) is 11.8 Å². The average molecular weight is 431 g/mol. The Morgan fingerprint density at radius 3 is 2.68 bits per heavy atom. The van der Waals surface area contributed by atoms with E-state index in [9.17, 15) is 5.11 Å². The Kier molecular flexibility index (Phi) is 6.89. The summed E-state index contributed by atoms with van der Waals surface area (Å²) >= 11 is 0. The predicted molar refractivity (Wildman–Crippen MR) is 128 cm³/mol. The van der Waals surface area contributed by atoms with Crippen LogP contribution in [0.5, 0.6) is 0 Å². The summed E-state index contributed by atoms with van der Waals surface area (Å²) < 4.78 is 0. The van der Waals surface area contributed by atoms with Gasteiger partial charge in [-0.1, -0.05) is 31.5 Å². The van der Waals surface area contributed by atoms with Crippen LogP contribution < -0.4 is 0 Å². The van der Waals surface area contributed by atoms with Crippen LogP contribution in [0.2, 0.25) is 0 Å². The number of rotatable bonds is 7. The Hall–Kier alpha value is -0.870. The highest BCUT2D eigenvalue weighted by Crippen LogP contribution is 2.66. The van der Waals surface area contributed by atoms with Crippen molar-refractivity contribution in [1.82, 2.24) is 4.90 Å². The summed E-state index contributed by atoms with van der Waals surface area (Å²) in [7, 11) is 4.13. The van der Waals surface area contributed by atoms with Gasteiger partial charge in [-0.15, -0.1) is 0 Å². The van der Waals surface area contributed by atoms with E-state index >= 15 is 0 Å². The second-order valence-electron chi connectivity index (χ2n) is 12.2. The van der Waals surface area contributed by atoms with E-state index in [1.165, 1.54) is 51.4 Å². The molecule has 0 aliphatic heterocycles. The molecule has 1 N–H and O–H groups in total. The van der Waals surface area contributed by atoms with E-state index in [0.717, 1.165) is 43.6 Å². The van der Waals surface area contributed by atoms with Gasteiger partial charge in [0.15, 0.2) is 0 Å². The van der Waals surface area contributed by atoms with Gasteiger partial charge in [0, 0.05) is 6.54 Å². The third kappa shape index (κ3) is 4.76. The molecule has 176 valence electrons. The first-order valence-electron chi connectivity index (χ1n) is 13.0. The maximum atomic E-state index is 11.3. The third-order valence-corrected chi connectivity index (χ3v) is 10.0. The second-order valence-corrected chi connectivity index (χ2v) is 12.2. The molecule has 0 spiro atoms. The van der Waals surface area contributed by atoms with Crippen LogP contribution in [0.25, 0.3) is 0 Å². The molecule has 0 aromatic carbocycles. The van der Waals surface area contributed by atoms with Gasteiger partial charge >= 0.3 is 0 Å². The molecule has 4 aliphatic rings. The van der Waals surface area contributed by atoms with Crippen LogP contribution in [0.4, 0.5) is 0 Å². The molecule has 4 saturated carbocycles. The van der Waals surface area contributed by atoms with Crippen LogP contribution in [0.15, 0.2) is 17.3 Å².